The molecule has 0 aliphatic rings. The van der Waals surface area contributed by atoms with Gasteiger partial charge in [0.2, 0.25) is 0 Å². The minimum Gasteiger partial charge on any atom is -0.469 e. The molecule has 15 heavy (non-hydrogen) atoms. The Balaban J connectivity index is 3.70. The van der Waals surface area contributed by atoms with E-state index in [0.717, 1.165) is 6.42 Å². The van der Waals surface area contributed by atoms with Crippen molar-refractivity contribution in [2.24, 2.45) is 5.92 Å². The first-order valence-corrected chi connectivity index (χ1v) is 5.08. The lowest BCUT2D eigenvalue weighted by Crippen LogP contribution is -2.13. The highest BCUT2D eigenvalue weighted by Crippen LogP contribution is 2.11. The lowest BCUT2D eigenvalue weighted by molar-refractivity contribution is -0.142. The second-order valence-electron chi connectivity index (χ2n) is 3.49. The Kier molecular flexibility index (Phi) is 7.25. The maximum atomic E-state index is 11.5. The number of esters is 1. The molecule has 0 aromatic heterocycles. The number of rotatable bonds is 7. The van der Waals surface area contributed by atoms with E-state index in [9.17, 15) is 9.59 Å². The third-order valence-corrected chi connectivity index (χ3v) is 2.28. The molecule has 4 heteroatoms. The van der Waals surface area contributed by atoms with Crippen molar-refractivity contribution in [2.45, 2.75) is 39.0 Å². The zero-order valence-corrected chi connectivity index (χ0v) is 9.28. The van der Waals surface area contributed by atoms with Crippen LogP contribution < -0.4 is 0 Å². The Bertz CT molecular complexity index is 255. The molecule has 0 fully saturated rings. The molecule has 0 aliphatic heterocycles. The number of nitrogens with zero attached hydrogens (tertiary/aromatic N) is 1. The molecule has 0 spiro atoms. The summed E-state index contributed by atoms with van der Waals surface area (Å²) >= 11 is 0. The summed E-state index contributed by atoms with van der Waals surface area (Å²) in [5, 5.41) is 8.33. The van der Waals surface area contributed by atoms with Crippen molar-refractivity contribution >= 4 is 11.8 Å². The fourth-order valence-corrected chi connectivity index (χ4v) is 1.22. The van der Waals surface area contributed by atoms with Crippen molar-refractivity contribution in [3.8, 4) is 6.07 Å². The number of hydrogen-bond donors (Lipinski definition) is 0. The first kappa shape index (κ1) is 13.6. The number of Topliss-reactive ketones (excluding diaryl/α,β-unsaturated/α-hetero) is 1. The van der Waals surface area contributed by atoms with Crippen molar-refractivity contribution in [1.82, 2.24) is 0 Å². The van der Waals surface area contributed by atoms with Gasteiger partial charge in [0.15, 0.2) is 0 Å². The van der Waals surface area contributed by atoms with Crippen molar-refractivity contribution in [3.63, 3.8) is 0 Å². The second kappa shape index (κ2) is 7.98. The van der Waals surface area contributed by atoms with Crippen LogP contribution in [0, 0.1) is 17.2 Å². The zero-order chi connectivity index (χ0) is 11.7. The van der Waals surface area contributed by atoms with Crippen LogP contribution in [-0.2, 0) is 14.3 Å². The Morgan fingerprint density at radius 3 is 2.60 bits per heavy atom. The van der Waals surface area contributed by atoms with E-state index in [4.69, 9.17) is 5.26 Å². The fourth-order valence-electron chi connectivity index (χ4n) is 1.22. The minimum atomic E-state index is -0.354. The Hall–Kier alpha value is -1.37. The largest absolute Gasteiger partial charge is 0.469 e. The van der Waals surface area contributed by atoms with Crippen LogP contribution in [0.25, 0.3) is 0 Å². The van der Waals surface area contributed by atoms with Crippen LogP contribution in [0.1, 0.15) is 39.0 Å². The molecule has 0 saturated heterocycles. The molecule has 1 unspecified atom stereocenters. The molecule has 0 bridgehead atoms. The summed E-state index contributed by atoms with van der Waals surface area (Å²) < 4.78 is 4.44. The Labute approximate surface area is 90.2 Å². The van der Waals surface area contributed by atoms with Crippen molar-refractivity contribution < 1.29 is 14.3 Å². The first-order valence-electron chi connectivity index (χ1n) is 5.08. The molecule has 0 aromatic carbocycles. The molecule has 1 atom stereocenters. The molecule has 84 valence electrons. The van der Waals surface area contributed by atoms with Crippen LogP contribution in [0.15, 0.2) is 0 Å². The normalized spacial score (nSPS) is 11.5. The van der Waals surface area contributed by atoms with E-state index in [1.807, 2.05) is 13.0 Å². The van der Waals surface area contributed by atoms with Gasteiger partial charge in [-0.2, -0.15) is 5.26 Å². The lowest BCUT2D eigenvalue weighted by Gasteiger charge is -2.08. The molecule has 0 N–H and O–H groups in total. The van der Waals surface area contributed by atoms with E-state index >= 15 is 0 Å². The van der Waals surface area contributed by atoms with Gasteiger partial charge in [-0.3, -0.25) is 9.59 Å². The Morgan fingerprint density at radius 2 is 2.07 bits per heavy atom. The highest BCUT2D eigenvalue weighted by molar-refractivity contribution is 5.84. The summed E-state index contributed by atoms with van der Waals surface area (Å²) in [6, 6.07) is 2.04. The van der Waals surface area contributed by atoms with Crippen LogP contribution in [0.5, 0.6) is 0 Å². The molecule has 0 heterocycles. The average molecular weight is 211 g/mol. The number of ketones is 1. The van der Waals surface area contributed by atoms with E-state index in [0.29, 0.717) is 12.8 Å². The van der Waals surface area contributed by atoms with Gasteiger partial charge in [0.1, 0.15) is 5.78 Å². The third-order valence-electron chi connectivity index (χ3n) is 2.28. The number of hydrogen-bond acceptors (Lipinski definition) is 4. The fraction of sp³-hybridized carbons (Fsp3) is 0.727. The van der Waals surface area contributed by atoms with E-state index in [1.54, 1.807) is 0 Å². The van der Waals surface area contributed by atoms with Crippen molar-refractivity contribution in [1.29, 1.82) is 5.26 Å². The predicted octanol–water partition coefficient (Wildman–Crippen LogP) is 1.84. The monoisotopic (exact) mass is 211 g/mol. The summed E-state index contributed by atoms with van der Waals surface area (Å²) in [6.45, 7) is 1.83. The average Bonchev–Trinajstić information content (AvgIpc) is 2.25. The third kappa shape index (κ3) is 6.67. The summed E-state index contributed by atoms with van der Waals surface area (Å²) in [6.07, 6.45) is 2.32. The number of ether oxygens (including phenoxy) is 1. The summed E-state index contributed by atoms with van der Waals surface area (Å²) in [5.74, 6) is -0.353. The number of nitriles is 1. The molecule has 0 saturated carbocycles. The SMILES string of the molecule is COC(=O)CCC(=O)C(C)CCCC#N. The maximum absolute atomic E-state index is 11.5. The molecule has 0 radical (unpaired) electrons. The molecule has 4 nitrogen and oxygen atoms in total. The summed E-state index contributed by atoms with van der Waals surface area (Å²) in [7, 11) is 1.31. The smallest absolute Gasteiger partial charge is 0.305 e. The second-order valence-corrected chi connectivity index (χ2v) is 3.49. The summed E-state index contributed by atoms with van der Waals surface area (Å²) in [4.78, 5) is 22.2. The predicted molar refractivity (Wildman–Crippen MR) is 54.9 cm³/mol. The lowest BCUT2D eigenvalue weighted by atomic mass is 9.96. The van der Waals surface area contributed by atoms with Gasteiger partial charge in [-0.15, -0.1) is 0 Å². The van der Waals surface area contributed by atoms with E-state index < -0.39 is 0 Å². The van der Waals surface area contributed by atoms with Crippen molar-refractivity contribution in [3.05, 3.63) is 0 Å². The van der Waals surface area contributed by atoms with Gasteiger partial charge >= 0.3 is 5.97 Å². The molecule has 0 amide bonds. The van der Waals surface area contributed by atoms with Gasteiger partial charge in [0, 0.05) is 18.8 Å². The number of unbranched alkanes of at least 4 members (excludes halogenated alkanes) is 1. The Morgan fingerprint density at radius 1 is 1.40 bits per heavy atom. The maximum Gasteiger partial charge on any atom is 0.305 e. The number of carbonyl (C=O) groups is 2. The van der Waals surface area contributed by atoms with Gasteiger partial charge in [-0.05, 0) is 12.8 Å². The highest BCUT2D eigenvalue weighted by Gasteiger charge is 2.14. The molecule has 0 aliphatic carbocycles. The molecular formula is C11H17NO3. The van der Waals surface area contributed by atoms with Gasteiger partial charge in [-0.1, -0.05) is 6.92 Å². The minimum absolute atomic E-state index is 0.0667. The highest BCUT2D eigenvalue weighted by atomic mass is 16.5. The van der Waals surface area contributed by atoms with Crippen LogP contribution >= 0.6 is 0 Å². The summed E-state index contributed by atoms with van der Waals surface area (Å²) in [5.41, 5.74) is 0. The van der Waals surface area contributed by atoms with Gasteiger partial charge in [0.05, 0.1) is 19.6 Å². The molecule has 0 rings (SSSR count). The van der Waals surface area contributed by atoms with Crippen LogP contribution in [0.4, 0.5) is 0 Å². The number of methoxy groups -OCH3 is 1. The van der Waals surface area contributed by atoms with Crippen molar-refractivity contribution in [2.75, 3.05) is 7.11 Å². The van der Waals surface area contributed by atoms with E-state index in [2.05, 4.69) is 4.74 Å². The van der Waals surface area contributed by atoms with E-state index in [1.165, 1.54) is 7.11 Å². The van der Waals surface area contributed by atoms with Crippen LogP contribution in [0.3, 0.4) is 0 Å². The standard InChI is InChI=1S/C11H17NO3/c1-9(5-3-4-8-12)10(13)6-7-11(14)15-2/h9H,3-7H2,1-2H3. The van der Waals surface area contributed by atoms with Crippen LogP contribution in [0.2, 0.25) is 0 Å². The molecule has 0 aromatic rings. The zero-order valence-electron chi connectivity index (χ0n) is 9.28. The first-order chi connectivity index (χ1) is 7.11. The van der Waals surface area contributed by atoms with Crippen LogP contribution in [-0.4, -0.2) is 18.9 Å². The number of carbonyl (C=O) groups excluding carboxylic acids is 2. The quantitative estimate of drug-likeness (QED) is 0.476. The van der Waals surface area contributed by atoms with Gasteiger partial charge in [0.25, 0.3) is 0 Å². The molecular weight excluding hydrogens is 194 g/mol. The van der Waals surface area contributed by atoms with Gasteiger partial charge < -0.3 is 4.74 Å². The van der Waals surface area contributed by atoms with Gasteiger partial charge in [-0.25, -0.2) is 0 Å². The van der Waals surface area contributed by atoms with E-state index in [-0.39, 0.29) is 30.5 Å². The topological polar surface area (TPSA) is 67.2 Å².